The van der Waals surface area contributed by atoms with E-state index in [1.54, 1.807) is 24.5 Å². The Kier molecular flexibility index (Phi) is 5.36. The Morgan fingerprint density at radius 2 is 2.07 bits per heavy atom. The Morgan fingerprint density at radius 3 is 2.74 bits per heavy atom. The Labute approximate surface area is 159 Å². The van der Waals surface area contributed by atoms with Gasteiger partial charge in [-0.1, -0.05) is 18.2 Å². The second-order valence-corrected chi connectivity index (χ2v) is 7.20. The zero-order valence-corrected chi connectivity index (χ0v) is 15.3. The third-order valence-electron chi connectivity index (χ3n) is 5.18. The van der Waals surface area contributed by atoms with Crippen LogP contribution in [0.15, 0.2) is 48.8 Å². The molecule has 1 aromatic heterocycles. The maximum Gasteiger partial charge on any atom is 0.245 e. The first kappa shape index (κ1) is 17.9. The number of nitrogens with zero attached hydrogens (tertiary/aromatic N) is 3. The van der Waals surface area contributed by atoms with Gasteiger partial charge in [0.05, 0.1) is 13.2 Å². The Hall–Kier alpha value is -2.44. The van der Waals surface area contributed by atoms with Crippen LogP contribution in [-0.2, 0) is 16.1 Å². The lowest BCUT2D eigenvalue weighted by Crippen LogP contribution is -2.47. The predicted molar refractivity (Wildman–Crippen MR) is 101 cm³/mol. The molecule has 1 amide bonds. The standard InChI is InChI=1S/C21H25N3O3/c25-19-5-1-3-16(13-19)15-24(18-6-7-18)21(26)20(17-4-2-8-22-14-17)23-9-11-27-12-10-23/h1-5,8,13-14,18,20,25H,6-7,9-12,15H2/t20-/m1/s1. The summed E-state index contributed by atoms with van der Waals surface area (Å²) in [5.74, 6) is 0.337. The summed E-state index contributed by atoms with van der Waals surface area (Å²) < 4.78 is 5.48. The van der Waals surface area contributed by atoms with Crippen molar-refractivity contribution >= 4 is 5.91 Å². The number of phenols is 1. The Morgan fingerprint density at radius 1 is 1.26 bits per heavy atom. The molecule has 6 heteroatoms. The number of benzene rings is 1. The van der Waals surface area contributed by atoms with Crippen LogP contribution in [0.2, 0.25) is 0 Å². The molecule has 1 aliphatic heterocycles. The summed E-state index contributed by atoms with van der Waals surface area (Å²) in [6.45, 7) is 3.25. The third-order valence-corrected chi connectivity index (χ3v) is 5.18. The van der Waals surface area contributed by atoms with Crippen molar-refractivity contribution in [3.63, 3.8) is 0 Å². The number of aromatic nitrogens is 1. The van der Waals surface area contributed by atoms with E-state index in [4.69, 9.17) is 4.74 Å². The van der Waals surface area contributed by atoms with Crippen LogP contribution >= 0.6 is 0 Å². The lowest BCUT2D eigenvalue weighted by Gasteiger charge is -2.37. The number of carbonyl (C=O) groups excluding carboxylic acids is 1. The molecule has 2 heterocycles. The zero-order chi connectivity index (χ0) is 18.6. The highest BCUT2D eigenvalue weighted by molar-refractivity contribution is 5.84. The topological polar surface area (TPSA) is 65.9 Å². The molecule has 2 fully saturated rings. The van der Waals surface area contributed by atoms with Gasteiger partial charge in [-0.05, 0) is 42.2 Å². The van der Waals surface area contributed by atoms with Gasteiger partial charge in [0, 0.05) is 38.1 Å². The summed E-state index contributed by atoms with van der Waals surface area (Å²) in [5.41, 5.74) is 1.87. The Bertz CT molecular complexity index is 773. The van der Waals surface area contributed by atoms with E-state index in [0.717, 1.165) is 37.1 Å². The number of rotatable bonds is 6. The molecule has 1 atom stereocenters. The highest BCUT2D eigenvalue weighted by Crippen LogP contribution is 2.33. The van der Waals surface area contributed by atoms with Gasteiger partial charge < -0.3 is 14.7 Å². The summed E-state index contributed by atoms with van der Waals surface area (Å²) in [6, 6.07) is 10.9. The zero-order valence-electron chi connectivity index (χ0n) is 15.3. The molecule has 4 rings (SSSR count). The summed E-state index contributed by atoms with van der Waals surface area (Å²) in [4.78, 5) is 22.1. The predicted octanol–water partition coefficient (Wildman–Crippen LogP) is 2.35. The molecule has 2 aromatic rings. The highest BCUT2D eigenvalue weighted by Gasteiger charge is 2.39. The van der Waals surface area contributed by atoms with E-state index in [1.165, 1.54) is 0 Å². The van der Waals surface area contributed by atoms with E-state index in [9.17, 15) is 9.90 Å². The van der Waals surface area contributed by atoms with E-state index >= 15 is 0 Å². The summed E-state index contributed by atoms with van der Waals surface area (Å²) >= 11 is 0. The number of hydrogen-bond acceptors (Lipinski definition) is 5. The fraction of sp³-hybridized carbons (Fsp3) is 0.429. The number of ether oxygens (including phenoxy) is 1. The van der Waals surface area contributed by atoms with Crippen LogP contribution in [0.25, 0.3) is 0 Å². The van der Waals surface area contributed by atoms with Gasteiger partial charge >= 0.3 is 0 Å². The van der Waals surface area contributed by atoms with Crippen molar-refractivity contribution in [3.05, 3.63) is 59.9 Å². The number of aromatic hydroxyl groups is 1. The first-order chi connectivity index (χ1) is 13.2. The van der Waals surface area contributed by atoms with E-state index in [1.807, 2.05) is 29.2 Å². The molecule has 1 aliphatic carbocycles. The molecule has 0 unspecified atom stereocenters. The highest BCUT2D eigenvalue weighted by atomic mass is 16.5. The second kappa shape index (κ2) is 8.06. The van der Waals surface area contributed by atoms with Crippen LogP contribution in [0, 0.1) is 0 Å². The number of amides is 1. The minimum atomic E-state index is -0.347. The third kappa shape index (κ3) is 4.28. The maximum absolute atomic E-state index is 13.7. The fourth-order valence-corrected chi connectivity index (χ4v) is 3.66. The molecule has 1 saturated carbocycles. The summed E-state index contributed by atoms with van der Waals surface area (Å²) in [6.07, 6.45) is 5.59. The minimum absolute atomic E-state index is 0.107. The maximum atomic E-state index is 13.7. The average molecular weight is 367 g/mol. The first-order valence-corrected chi connectivity index (χ1v) is 9.52. The van der Waals surface area contributed by atoms with Crippen molar-refractivity contribution in [2.75, 3.05) is 26.3 Å². The smallest absolute Gasteiger partial charge is 0.245 e. The van der Waals surface area contributed by atoms with Crippen LogP contribution in [0.3, 0.4) is 0 Å². The van der Waals surface area contributed by atoms with E-state index in [2.05, 4.69) is 9.88 Å². The minimum Gasteiger partial charge on any atom is -0.508 e. The molecule has 1 saturated heterocycles. The van der Waals surface area contributed by atoms with Gasteiger partial charge in [0.15, 0.2) is 0 Å². The van der Waals surface area contributed by atoms with Gasteiger partial charge in [-0.2, -0.15) is 0 Å². The molecule has 0 radical (unpaired) electrons. The van der Waals surface area contributed by atoms with Crippen molar-refractivity contribution in [3.8, 4) is 5.75 Å². The van der Waals surface area contributed by atoms with Crippen molar-refractivity contribution in [2.24, 2.45) is 0 Å². The quantitative estimate of drug-likeness (QED) is 0.849. The van der Waals surface area contributed by atoms with Gasteiger partial charge in [-0.25, -0.2) is 0 Å². The van der Waals surface area contributed by atoms with Crippen LogP contribution in [0.4, 0.5) is 0 Å². The van der Waals surface area contributed by atoms with Crippen LogP contribution in [0.1, 0.15) is 30.0 Å². The molecular weight excluding hydrogens is 342 g/mol. The molecule has 2 aliphatic rings. The molecule has 6 nitrogen and oxygen atoms in total. The first-order valence-electron chi connectivity index (χ1n) is 9.52. The lowest BCUT2D eigenvalue weighted by atomic mass is 10.0. The van der Waals surface area contributed by atoms with Gasteiger partial charge in [0.1, 0.15) is 11.8 Å². The summed E-state index contributed by atoms with van der Waals surface area (Å²) in [7, 11) is 0. The largest absolute Gasteiger partial charge is 0.508 e. The van der Waals surface area contributed by atoms with E-state index in [0.29, 0.717) is 19.8 Å². The number of carbonyl (C=O) groups is 1. The number of phenolic OH excluding ortho intramolecular Hbond substituents is 1. The normalized spacial score (nSPS) is 18.8. The molecular formula is C21H25N3O3. The molecule has 142 valence electrons. The van der Waals surface area contributed by atoms with Gasteiger partial charge in [-0.3, -0.25) is 14.7 Å². The number of morpholine rings is 1. The monoisotopic (exact) mass is 367 g/mol. The molecule has 27 heavy (non-hydrogen) atoms. The van der Waals surface area contributed by atoms with Crippen molar-refractivity contribution < 1.29 is 14.6 Å². The van der Waals surface area contributed by atoms with Gasteiger partial charge in [0.25, 0.3) is 0 Å². The fourth-order valence-electron chi connectivity index (χ4n) is 3.66. The molecule has 1 N–H and O–H groups in total. The number of hydrogen-bond donors (Lipinski definition) is 1. The van der Waals surface area contributed by atoms with Crippen molar-refractivity contribution in [2.45, 2.75) is 31.5 Å². The SMILES string of the molecule is O=C([C@@H](c1cccnc1)N1CCOCC1)N(Cc1cccc(O)c1)C1CC1. The van der Waals surface area contributed by atoms with Crippen LogP contribution < -0.4 is 0 Å². The molecule has 0 bridgehead atoms. The van der Waals surface area contributed by atoms with E-state index in [-0.39, 0.29) is 23.7 Å². The average Bonchev–Trinajstić information content (AvgIpc) is 3.53. The second-order valence-electron chi connectivity index (χ2n) is 7.20. The lowest BCUT2D eigenvalue weighted by molar-refractivity contribution is -0.140. The van der Waals surface area contributed by atoms with Gasteiger partial charge in [0.2, 0.25) is 5.91 Å². The van der Waals surface area contributed by atoms with E-state index < -0.39 is 0 Å². The summed E-state index contributed by atoms with van der Waals surface area (Å²) in [5, 5.41) is 9.78. The molecule has 1 aromatic carbocycles. The number of pyridine rings is 1. The van der Waals surface area contributed by atoms with Crippen LogP contribution in [-0.4, -0.2) is 58.1 Å². The Balaban J connectivity index is 1.61. The van der Waals surface area contributed by atoms with Crippen LogP contribution in [0.5, 0.6) is 5.75 Å². The van der Waals surface area contributed by atoms with Crippen molar-refractivity contribution in [1.82, 2.24) is 14.8 Å². The van der Waals surface area contributed by atoms with Crippen molar-refractivity contribution in [1.29, 1.82) is 0 Å². The molecule has 0 spiro atoms. The van der Waals surface area contributed by atoms with Gasteiger partial charge in [-0.15, -0.1) is 0 Å².